The van der Waals surface area contributed by atoms with Gasteiger partial charge in [0, 0.05) is 6.54 Å². The zero-order valence-corrected chi connectivity index (χ0v) is 9.33. The average molecular weight is 249 g/mol. The van der Waals surface area contributed by atoms with E-state index in [0.717, 1.165) is 0 Å². The molecule has 0 radical (unpaired) electrons. The average Bonchev–Trinajstić information content (AvgIpc) is 2.28. The molecule has 0 saturated heterocycles. The first-order chi connectivity index (χ1) is 7.97. The van der Waals surface area contributed by atoms with Gasteiger partial charge < -0.3 is 15.2 Å². The van der Waals surface area contributed by atoms with E-state index in [0.29, 0.717) is 11.3 Å². The van der Waals surface area contributed by atoms with Crippen molar-refractivity contribution >= 4 is 0 Å². The molecule has 2 N–H and O–H groups in total. The predicted molar refractivity (Wildman–Crippen MR) is 56.7 cm³/mol. The summed E-state index contributed by atoms with van der Waals surface area (Å²) in [5.41, 5.74) is 5.61. The van der Waals surface area contributed by atoms with Crippen LogP contribution in [0, 0.1) is 0 Å². The molecule has 0 bridgehead atoms. The molecule has 0 aromatic heterocycles. The van der Waals surface area contributed by atoms with Gasteiger partial charge in [-0.15, -0.1) is 0 Å². The number of rotatable bonds is 5. The summed E-state index contributed by atoms with van der Waals surface area (Å²) in [6, 6.07) is 6.66. The molecule has 1 atom stereocenters. The van der Waals surface area contributed by atoms with Gasteiger partial charge in [-0.1, -0.05) is 12.1 Å². The number of hydrogen-bond acceptors (Lipinski definition) is 3. The lowest BCUT2D eigenvalue weighted by molar-refractivity contribution is -0.219. The highest BCUT2D eigenvalue weighted by molar-refractivity contribution is 5.27. The van der Waals surface area contributed by atoms with E-state index < -0.39 is 18.8 Å². The molecule has 0 spiro atoms. The van der Waals surface area contributed by atoms with Crippen LogP contribution in [0.25, 0.3) is 0 Å². The minimum absolute atomic E-state index is 0.154. The second-order valence-corrected chi connectivity index (χ2v) is 3.43. The molecule has 1 rings (SSSR count). The third-order valence-electron chi connectivity index (χ3n) is 2.16. The van der Waals surface area contributed by atoms with E-state index in [1.165, 1.54) is 7.11 Å². The lowest BCUT2D eigenvalue weighted by Crippen LogP contribution is -2.38. The summed E-state index contributed by atoms with van der Waals surface area (Å²) in [5, 5.41) is 0. The third-order valence-corrected chi connectivity index (χ3v) is 2.16. The van der Waals surface area contributed by atoms with Crippen molar-refractivity contribution < 1.29 is 22.6 Å². The molecule has 17 heavy (non-hydrogen) atoms. The van der Waals surface area contributed by atoms with E-state index >= 15 is 0 Å². The lowest BCUT2D eigenvalue weighted by Gasteiger charge is -2.19. The standard InChI is InChI=1S/C11H14F3NO2/c1-16-9-4-2-3-8(5-9)7-17-10(6-15)11(12,13)14/h2-5,10H,6-7,15H2,1H3. The van der Waals surface area contributed by atoms with Crippen LogP contribution in [-0.4, -0.2) is 25.9 Å². The van der Waals surface area contributed by atoms with Crippen molar-refractivity contribution in [2.24, 2.45) is 5.73 Å². The molecule has 1 aromatic carbocycles. The maximum atomic E-state index is 12.3. The molecular weight excluding hydrogens is 235 g/mol. The van der Waals surface area contributed by atoms with Crippen molar-refractivity contribution in [3.05, 3.63) is 29.8 Å². The fourth-order valence-corrected chi connectivity index (χ4v) is 1.26. The SMILES string of the molecule is COc1cccc(COC(CN)C(F)(F)F)c1. The van der Waals surface area contributed by atoms with E-state index in [9.17, 15) is 13.2 Å². The predicted octanol–water partition coefficient (Wildman–Crippen LogP) is 2.10. The molecule has 6 heteroatoms. The van der Waals surface area contributed by atoms with E-state index in [1.54, 1.807) is 24.3 Å². The second kappa shape index (κ2) is 5.88. The van der Waals surface area contributed by atoms with Crippen LogP contribution in [-0.2, 0) is 11.3 Å². The van der Waals surface area contributed by atoms with Gasteiger partial charge in [-0.2, -0.15) is 13.2 Å². The topological polar surface area (TPSA) is 44.5 Å². The number of alkyl halides is 3. The Morgan fingerprint density at radius 1 is 1.35 bits per heavy atom. The van der Waals surface area contributed by atoms with Crippen molar-refractivity contribution in [3.8, 4) is 5.75 Å². The lowest BCUT2D eigenvalue weighted by atomic mass is 10.2. The molecule has 0 aliphatic carbocycles. The summed E-state index contributed by atoms with van der Waals surface area (Å²) in [5.74, 6) is 0.572. The maximum absolute atomic E-state index is 12.3. The van der Waals surface area contributed by atoms with Crippen molar-refractivity contribution in [1.29, 1.82) is 0 Å². The highest BCUT2D eigenvalue weighted by Gasteiger charge is 2.39. The molecule has 0 aliphatic heterocycles. The second-order valence-electron chi connectivity index (χ2n) is 3.43. The van der Waals surface area contributed by atoms with Crippen LogP contribution >= 0.6 is 0 Å². The van der Waals surface area contributed by atoms with Gasteiger partial charge in [0.15, 0.2) is 6.10 Å². The van der Waals surface area contributed by atoms with Crippen LogP contribution in [0.1, 0.15) is 5.56 Å². The number of benzene rings is 1. The minimum Gasteiger partial charge on any atom is -0.497 e. The molecular formula is C11H14F3NO2. The summed E-state index contributed by atoms with van der Waals surface area (Å²) in [6.07, 6.45) is -6.37. The quantitative estimate of drug-likeness (QED) is 0.869. The molecule has 1 aromatic rings. The van der Waals surface area contributed by atoms with Crippen LogP contribution in [0.15, 0.2) is 24.3 Å². The summed E-state index contributed by atoms with van der Waals surface area (Å²) >= 11 is 0. The molecule has 0 heterocycles. The summed E-state index contributed by atoms with van der Waals surface area (Å²) in [6.45, 7) is -0.744. The first-order valence-electron chi connectivity index (χ1n) is 4.98. The van der Waals surface area contributed by atoms with E-state index in [2.05, 4.69) is 0 Å². The van der Waals surface area contributed by atoms with Crippen LogP contribution in [0.3, 0.4) is 0 Å². The summed E-state index contributed by atoms with van der Waals surface area (Å²) in [7, 11) is 1.48. The molecule has 96 valence electrons. The van der Waals surface area contributed by atoms with Gasteiger partial charge in [-0.25, -0.2) is 0 Å². The number of methoxy groups -OCH3 is 1. The summed E-state index contributed by atoms with van der Waals surface area (Å²) < 4.78 is 46.7. The number of ether oxygens (including phenoxy) is 2. The van der Waals surface area contributed by atoms with Gasteiger partial charge in [0.1, 0.15) is 5.75 Å². The van der Waals surface area contributed by atoms with Gasteiger partial charge in [-0.05, 0) is 17.7 Å². The van der Waals surface area contributed by atoms with Crippen molar-refractivity contribution in [1.82, 2.24) is 0 Å². The largest absolute Gasteiger partial charge is 0.497 e. The van der Waals surface area contributed by atoms with Gasteiger partial charge in [-0.3, -0.25) is 0 Å². The fourth-order valence-electron chi connectivity index (χ4n) is 1.26. The minimum atomic E-state index is -4.44. The Morgan fingerprint density at radius 3 is 2.59 bits per heavy atom. The maximum Gasteiger partial charge on any atom is 0.415 e. The van der Waals surface area contributed by atoms with Crippen molar-refractivity contribution in [3.63, 3.8) is 0 Å². The Kier molecular flexibility index (Phi) is 4.77. The van der Waals surface area contributed by atoms with Crippen molar-refractivity contribution in [2.45, 2.75) is 18.9 Å². The Balaban J connectivity index is 2.59. The fraction of sp³-hybridized carbons (Fsp3) is 0.455. The molecule has 0 aliphatic rings. The van der Waals surface area contributed by atoms with Crippen LogP contribution in [0.5, 0.6) is 5.75 Å². The highest BCUT2D eigenvalue weighted by atomic mass is 19.4. The Hall–Kier alpha value is -1.27. The monoisotopic (exact) mass is 249 g/mol. The molecule has 0 saturated carbocycles. The summed E-state index contributed by atoms with van der Waals surface area (Å²) in [4.78, 5) is 0. The number of halogens is 3. The zero-order chi connectivity index (χ0) is 12.9. The Bertz CT molecular complexity index is 355. The van der Waals surface area contributed by atoms with Crippen LogP contribution in [0.4, 0.5) is 13.2 Å². The molecule has 1 unspecified atom stereocenters. The first-order valence-corrected chi connectivity index (χ1v) is 4.98. The third kappa shape index (κ3) is 4.24. The van der Waals surface area contributed by atoms with Crippen LogP contribution < -0.4 is 10.5 Å². The molecule has 0 fully saturated rings. The molecule has 0 amide bonds. The zero-order valence-electron chi connectivity index (χ0n) is 9.33. The van der Waals surface area contributed by atoms with Crippen molar-refractivity contribution in [2.75, 3.05) is 13.7 Å². The Morgan fingerprint density at radius 2 is 2.06 bits per heavy atom. The van der Waals surface area contributed by atoms with Gasteiger partial charge in [0.2, 0.25) is 0 Å². The van der Waals surface area contributed by atoms with E-state index in [1.807, 2.05) is 0 Å². The normalized spacial score (nSPS) is 13.5. The van der Waals surface area contributed by atoms with Crippen LogP contribution in [0.2, 0.25) is 0 Å². The first kappa shape index (κ1) is 13.8. The number of nitrogens with two attached hydrogens (primary N) is 1. The van der Waals surface area contributed by atoms with E-state index in [4.69, 9.17) is 15.2 Å². The number of hydrogen-bond donors (Lipinski definition) is 1. The van der Waals surface area contributed by atoms with Gasteiger partial charge in [0.25, 0.3) is 0 Å². The van der Waals surface area contributed by atoms with E-state index in [-0.39, 0.29) is 6.61 Å². The smallest absolute Gasteiger partial charge is 0.415 e. The molecule has 3 nitrogen and oxygen atoms in total. The Labute approximate surface area is 97.3 Å². The van der Waals surface area contributed by atoms with Gasteiger partial charge >= 0.3 is 6.18 Å². The highest BCUT2D eigenvalue weighted by Crippen LogP contribution is 2.23. The van der Waals surface area contributed by atoms with Gasteiger partial charge in [0.05, 0.1) is 13.7 Å².